The third-order valence-corrected chi connectivity index (χ3v) is 21.6. The highest BCUT2D eigenvalue weighted by Crippen LogP contribution is 2.41. The number of carboxylic acid groups (broad SMARTS) is 5. The van der Waals surface area contributed by atoms with Gasteiger partial charge < -0.3 is 97.3 Å². The standard InChI is InChI=1S/C61H61N17O21S6/c1-59(2,53(90)91)97-73-34(29-23-103-56(62)63-29)41(79)66-37(46-69-32(50(85)86)26(20-100-46)17-76-13-9-7-10-14-76)44(82)71-57-64-30(24-104-57)35(74-98-60(3,4)54(92)93)42(80)67-38(47-70-33-28(22-101-47)19-96-52(33)89)45(83)72-58-65-31(25-105-58)36(75-99-61(5,6)55(94)95)43(81)68-39-48(84)78-40(51(87)88)27(21-102-49(39)78)18-77-15-11-8-12-16-77/h7-16,23-25,37-39,46-47,49,69-70H,17-22H2,1-6H3,(H10-2,62,63,64,65,66,67,68,71,72,79,80,81,82,83,85,86,87,88,90,91,92,93,94,95)/b73-34-,74-35-,75-36-/t37-,38-,39-,46-,47-,49-/m1/s1. The number of hydrogen-bond acceptors (Lipinski definition) is 33. The number of pyridine rings is 2. The number of aromatic nitrogens is 5. The van der Waals surface area contributed by atoms with E-state index in [1.54, 1.807) is 70.3 Å². The van der Waals surface area contributed by atoms with Gasteiger partial charge in [0.05, 0.1) is 23.3 Å². The van der Waals surface area contributed by atoms with Gasteiger partial charge in [0.1, 0.15) is 63.6 Å². The van der Waals surface area contributed by atoms with Crippen LogP contribution in [0.15, 0.2) is 127 Å². The number of β-lactam (4-membered cyclic amide) rings is 1. The van der Waals surface area contributed by atoms with Crippen molar-refractivity contribution in [1.29, 1.82) is 0 Å². The van der Waals surface area contributed by atoms with Crippen molar-refractivity contribution in [2.24, 2.45) is 15.5 Å². The van der Waals surface area contributed by atoms with E-state index in [0.29, 0.717) is 39.4 Å². The maximum atomic E-state index is 15.0. The Bertz CT molecular complexity index is 4570. The maximum Gasteiger partial charge on any atom is 0.354 e. The Morgan fingerprint density at radius 3 is 1.54 bits per heavy atom. The van der Waals surface area contributed by atoms with Gasteiger partial charge in [0.2, 0.25) is 16.8 Å². The van der Waals surface area contributed by atoms with Crippen LogP contribution >= 0.6 is 69.3 Å². The van der Waals surface area contributed by atoms with Gasteiger partial charge in [-0.2, -0.15) is 0 Å². The van der Waals surface area contributed by atoms with Gasteiger partial charge in [-0.3, -0.25) is 33.7 Å². The van der Waals surface area contributed by atoms with Gasteiger partial charge in [-0.1, -0.05) is 27.6 Å². The highest BCUT2D eigenvalue weighted by Gasteiger charge is 2.54. The van der Waals surface area contributed by atoms with Gasteiger partial charge in [-0.15, -0.1) is 69.3 Å². The van der Waals surface area contributed by atoms with E-state index in [-0.39, 0.29) is 75.1 Å². The monoisotopic (exact) mass is 1560 g/mol. The minimum atomic E-state index is -2.18. The van der Waals surface area contributed by atoms with Crippen molar-refractivity contribution >= 4 is 173 Å². The molecule has 1 saturated heterocycles. The second-order valence-electron chi connectivity index (χ2n) is 24.3. The van der Waals surface area contributed by atoms with Gasteiger partial charge in [0, 0.05) is 74.4 Å². The lowest BCUT2D eigenvalue weighted by Gasteiger charge is -2.50. The molecule has 10 rings (SSSR count). The van der Waals surface area contributed by atoms with Gasteiger partial charge in [0.15, 0.2) is 70.4 Å². The van der Waals surface area contributed by atoms with Crippen LogP contribution in [0.3, 0.4) is 0 Å². The maximum absolute atomic E-state index is 15.0. The van der Waals surface area contributed by atoms with Crippen molar-refractivity contribution < 1.29 is 111 Å². The molecule has 0 unspecified atom stereocenters. The molecule has 5 aromatic rings. The zero-order chi connectivity index (χ0) is 76.0. The molecule has 5 aliphatic heterocycles. The molecule has 1 fully saturated rings. The number of oxime groups is 3. The molecule has 0 saturated carbocycles. The van der Waals surface area contributed by atoms with E-state index in [4.69, 9.17) is 25.0 Å². The SMILES string of the molecule is CC(C)(O/N=C(\C(=O)N[C@H](C(=O)Nc1nc(/C(=N/OC(C)(C)C(=O)O)C(=O)N[C@H](C(=O)Nc2nc(/C(=N/OC(C)(C)C(=O)O)C(=O)N[C@@H]3C(=O)N4C(C(=O)[O-])=C(C[n+]5ccccc5)CS[C@H]34)cs2)[C@@H]2NC3=C(COC3=O)CS2)cs1)[C@@H]1NC(C(=O)[O-])=C(C[n+]2ccccc2)CS1)c1csc(N)n1)C(=O)O. The Hall–Kier alpha value is -11.1. The first-order chi connectivity index (χ1) is 49.7. The van der Waals surface area contributed by atoms with E-state index in [0.717, 1.165) is 98.4 Å². The van der Waals surface area contributed by atoms with Crippen molar-refractivity contribution in [3.05, 3.63) is 128 Å². The van der Waals surface area contributed by atoms with Crippen LogP contribution in [0.25, 0.3) is 0 Å². The fourth-order valence-electron chi connectivity index (χ4n) is 9.68. The third kappa shape index (κ3) is 17.8. The minimum absolute atomic E-state index is 0.0425. The van der Waals surface area contributed by atoms with Crippen LogP contribution in [-0.4, -0.2) is 198 Å². The predicted octanol–water partition coefficient (Wildman–Crippen LogP) is -2.84. The number of aliphatic carboxylic acids is 5. The van der Waals surface area contributed by atoms with E-state index < -0.39 is 151 Å². The number of carbonyl (C=O) groups is 12. The molecule has 44 heteroatoms. The number of esters is 1. The number of nitrogen functional groups attached to an aromatic ring is 1. The quantitative estimate of drug-likeness (QED) is 0.00725. The van der Waals surface area contributed by atoms with Crippen molar-refractivity contribution in [3.63, 3.8) is 0 Å². The Morgan fingerprint density at radius 2 is 1.08 bits per heavy atom. The summed E-state index contributed by atoms with van der Waals surface area (Å²) in [5.74, 6) is -15.4. The van der Waals surface area contributed by atoms with E-state index in [2.05, 4.69) is 67.6 Å². The topological polar surface area (TPSA) is 546 Å². The second kappa shape index (κ2) is 31.9. The predicted molar refractivity (Wildman–Crippen MR) is 369 cm³/mol. The second-order valence-corrected chi connectivity index (χ2v) is 30.3. The van der Waals surface area contributed by atoms with Crippen LogP contribution in [0.1, 0.15) is 58.6 Å². The first-order valence-electron chi connectivity index (χ1n) is 30.7. The van der Waals surface area contributed by atoms with E-state index in [1.165, 1.54) is 10.8 Å². The largest absolute Gasteiger partial charge is 0.543 e. The van der Waals surface area contributed by atoms with Crippen LogP contribution in [0, 0.1) is 0 Å². The molecule has 38 nitrogen and oxygen atoms in total. The summed E-state index contributed by atoms with van der Waals surface area (Å²) in [7, 11) is 0. The van der Waals surface area contributed by atoms with Gasteiger partial charge >= 0.3 is 23.9 Å². The summed E-state index contributed by atoms with van der Waals surface area (Å²) in [6, 6.07) is 5.33. The average molecular weight is 1560 g/mol. The van der Waals surface area contributed by atoms with Crippen molar-refractivity contribution in [1.82, 2.24) is 46.4 Å². The van der Waals surface area contributed by atoms with Gasteiger partial charge in [-0.05, 0) is 41.5 Å². The first kappa shape index (κ1) is 76.5. The Labute approximate surface area is 617 Å². The fraction of sp³-hybridized carbons (Fsp3) is 0.344. The van der Waals surface area contributed by atoms with Crippen LogP contribution in [0.5, 0.6) is 0 Å². The summed E-state index contributed by atoms with van der Waals surface area (Å²) < 4.78 is 8.58. The number of carboxylic acids is 5. The Morgan fingerprint density at radius 1 is 0.629 bits per heavy atom. The third-order valence-electron chi connectivity index (χ3n) is 15.5. The number of nitrogens with one attached hydrogen (secondary N) is 7. The number of anilines is 3. The lowest BCUT2D eigenvalue weighted by molar-refractivity contribution is -0.689. The number of hydrogen-bond donors (Lipinski definition) is 11. The molecule has 10 heterocycles. The highest BCUT2D eigenvalue weighted by molar-refractivity contribution is 8.00. The molecule has 5 aliphatic rings. The number of fused-ring (bicyclic) bond motifs is 1. The van der Waals surface area contributed by atoms with E-state index in [9.17, 15) is 78.3 Å². The normalized spacial score (nSPS) is 19.0. The number of nitrogens with two attached hydrogens (primary N) is 1. The summed E-state index contributed by atoms with van der Waals surface area (Å²) in [4.78, 5) is 192. The number of cyclic esters (lactones) is 1. The molecule has 0 aliphatic carbocycles. The molecule has 0 spiro atoms. The van der Waals surface area contributed by atoms with Gasteiger partial charge in [-0.25, -0.2) is 43.3 Å². The smallest absolute Gasteiger partial charge is 0.354 e. The zero-order valence-corrected chi connectivity index (χ0v) is 60.4. The fourth-order valence-corrected chi connectivity index (χ4v) is 15.4. The number of ether oxygens (including phenoxy) is 1. The molecule has 105 heavy (non-hydrogen) atoms. The molecule has 0 radical (unpaired) electrons. The number of thioether (sulfide) groups is 3. The summed E-state index contributed by atoms with van der Waals surface area (Å²) in [5, 5.41) is 84.2. The number of carbonyl (C=O) groups excluding carboxylic acids is 9. The summed E-state index contributed by atoms with van der Waals surface area (Å²) in [6.45, 7) is 6.66. The number of amides is 6. The molecule has 6 amide bonds. The molecule has 5 aromatic heterocycles. The van der Waals surface area contributed by atoms with Crippen molar-refractivity contribution in [2.75, 3.05) is 40.2 Å². The average Bonchev–Trinajstić information content (AvgIpc) is 1.08. The van der Waals surface area contributed by atoms with E-state index >= 15 is 4.79 Å². The van der Waals surface area contributed by atoms with Crippen LogP contribution in [-0.2, 0) is 89.9 Å². The first-order valence-corrected chi connectivity index (χ1v) is 36.5. The highest BCUT2D eigenvalue weighted by atomic mass is 32.2. The molecule has 6 atom stereocenters. The number of nitrogens with zero attached hydrogens (tertiary/aromatic N) is 9. The molecular formula is C61H61N17O21S6. The molecule has 0 bridgehead atoms. The summed E-state index contributed by atoms with van der Waals surface area (Å²) in [6.07, 6.45) is 6.75. The summed E-state index contributed by atoms with van der Waals surface area (Å²) in [5.41, 5.74) is -3.43. The summed E-state index contributed by atoms with van der Waals surface area (Å²) >= 11 is 5.28. The lowest BCUT2D eigenvalue weighted by atomic mass is 10.0. The number of thiazole rings is 3. The van der Waals surface area contributed by atoms with Crippen LogP contribution < -0.4 is 62.3 Å². The molecular weight excluding hydrogens is 1500 g/mol. The molecule has 12 N–H and O–H groups in total. The Kier molecular flexibility index (Phi) is 23.2. The van der Waals surface area contributed by atoms with E-state index in [1.807, 2.05) is 0 Å². The molecule has 552 valence electrons. The minimum Gasteiger partial charge on any atom is -0.543 e. The van der Waals surface area contributed by atoms with Crippen molar-refractivity contribution in [3.8, 4) is 0 Å². The van der Waals surface area contributed by atoms with Crippen LogP contribution in [0.4, 0.5) is 15.4 Å². The van der Waals surface area contributed by atoms with Gasteiger partial charge in [0.25, 0.3) is 35.4 Å². The van der Waals surface area contributed by atoms with Crippen LogP contribution in [0.2, 0.25) is 0 Å². The zero-order valence-electron chi connectivity index (χ0n) is 55.5. The number of rotatable bonds is 30. The molecule has 0 aromatic carbocycles. The van der Waals surface area contributed by atoms with Crippen molar-refractivity contribution in [2.45, 2.75) is 106 Å². The lowest BCUT2D eigenvalue weighted by Crippen LogP contribution is -2.71. The Balaban J connectivity index is 0.934.